The molecule has 1 aromatic carbocycles. The van der Waals surface area contributed by atoms with E-state index in [4.69, 9.17) is 5.73 Å². The Labute approximate surface area is 112 Å². The van der Waals surface area contributed by atoms with Crippen molar-refractivity contribution in [2.24, 2.45) is 12.8 Å². The lowest BCUT2D eigenvalue weighted by molar-refractivity contribution is -0.117. The number of rotatable bonds is 3. The van der Waals surface area contributed by atoms with Crippen LogP contribution in [0.25, 0.3) is 10.9 Å². The summed E-state index contributed by atoms with van der Waals surface area (Å²) in [6.07, 6.45) is 3.51. The van der Waals surface area contributed by atoms with Gasteiger partial charge < -0.3 is 15.6 Å². The summed E-state index contributed by atoms with van der Waals surface area (Å²) in [5.41, 5.74) is 8.87. The van der Waals surface area contributed by atoms with Crippen LogP contribution in [0, 0.1) is 0 Å². The SMILES string of the molecule is Cn1cc(CC(N)=O)c2ccc(C3CCNC3)cc21. The van der Waals surface area contributed by atoms with E-state index < -0.39 is 0 Å². The molecule has 2 heterocycles. The zero-order valence-electron chi connectivity index (χ0n) is 11.1. The van der Waals surface area contributed by atoms with E-state index in [0.29, 0.717) is 12.3 Å². The molecule has 0 aliphatic carbocycles. The Bertz CT molecular complexity index is 624. The number of nitrogens with zero attached hydrogens (tertiary/aromatic N) is 1. The summed E-state index contributed by atoms with van der Waals surface area (Å²) in [6, 6.07) is 6.56. The van der Waals surface area contributed by atoms with Crippen molar-refractivity contribution in [1.29, 1.82) is 0 Å². The molecular weight excluding hydrogens is 238 g/mol. The molecule has 1 fully saturated rings. The standard InChI is InChI=1S/C15H19N3O/c1-18-9-12(7-15(16)19)13-3-2-10(6-14(13)18)11-4-5-17-8-11/h2-3,6,9,11,17H,4-5,7-8H2,1H3,(H2,16,19). The van der Waals surface area contributed by atoms with Crippen molar-refractivity contribution in [3.63, 3.8) is 0 Å². The highest BCUT2D eigenvalue weighted by Gasteiger charge is 2.18. The Balaban J connectivity index is 2.03. The number of nitrogens with one attached hydrogen (secondary N) is 1. The van der Waals surface area contributed by atoms with E-state index >= 15 is 0 Å². The van der Waals surface area contributed by atoms with Gasteiger partial charge in [0.05, 0.1) is 6.42 Å². The predicted molar refractivity (Wildman–Crippen MR) is 76.0 cm³/mol. The minimum absolute atomic E-state index is 0.281. The van der Waals surface area contributed by atoms with Crippen LogP contribution in [-0.4, -0.2) is 23.6 Å². The average molecular weight is 257 g/mol. The first-order valence-electron chi connectivity index (χ1n) is 6.72. The molecule has 1 saturated heterocycles. The van der Waals surface area contributed by atoms with Crippen LogP contribution >= 0.6 is 0 Å². The van der Waals surface area contributed by atoms with Crippen molar-refractivity contribution in [3.05, 3.63) is 35.5 Å². The summed E-state index contributed by atoms with van der Waals surface area (Å²) in [7, 11) is 2.02. The molecule has 19 heavy (non-hydrogen) atoms. The number of carbonyl (C=O) groups is 1. The van der Waals surface area contributed by atoms with Crippen LogP contribution < -0.4 is 11.1 Å². The van der Waals surface area contributed by atoms with Gasteiger partial charge in [-0.25, -0.2) is 0 Å². The quantitative estimate of drug-likeness (QED) is 0.870. The van der Waals surface area contributed by atoms with E-state index in [0.717, 1.165) is 24.0 Å². The molecule has 2 aromatic rings. The second-order valence-corrected chi connectivity index (χ2v) is 5.37. The van der Waals surface area contributed by atoms with E-state index in [1.165, 1.54) is 17.5 Å². The number of amides is 1. The van der Waals surface area contributed by atoms with E-state index in [9.17, 15) is 4.79 Å². The van der Waals surface area contributed by atoms with Gasteiger partial charge in [0.15, 0.2) is 0 Å². The first-order valence-corrected chi connectivity index (χ1v) is 6.72. The van der Waals surface area contributed by atoms with Crippen LogP contribution in [0.4, 0.5) is 0 Å². The van der Waals surface area contributed by atoms with E-state index in [1.807, 2.05) is 13.2 Å². The van der Waals surface area contributed by atoms with Crippen LogP contribution in [0.1, 0.15) is 23.5 Å². The molecule has 1 aliphatic heterocycles. The molecule has 4 nitrogen and oxygen atoms in total. The highest BCUT2D eigenvalue weighted by Crippen LogP contribution is 2.28. The predicted octanol–water partition coefficient (Wildman–Crippen LogP) is 1.28. The third-order valence-corrected chi connectivity index (χ3v) is 3.99. The molecule has 4 heteroatoms. The normalized spacial score (nSPS) is 19.1. The lowest BCUT2D eigenvalue weighted by Crippen LogP contribution is -2.13. The Morgan fingerprint density at radius 3 is 3.05 bits per heavy atom. The fraction of sp³-hybridized carbons (Fsp3) is 0.400. The molecule has 0 bridgehead atoms. The maximum atomic E-state index is 11.1. The van der Waals surface area contributed by atoms with Gasteiger partial charge >= 0.3 is 0 Å². The Morgan fingerprint density at radius 2 is 2.37 bits per heavy atom. The maximum Gasteiger partial charge on any atom is 0.221 e. The molecule has 1 unspecified atom stereocenters. The molecule has 3 rings (SSSR count). The number of carbonyl (C=O) groups excluding carboxylic acids is 1. The first kappa shape index (κ1) is 12.2. The second-order valence-electron chi connectivity index (χ2n) is 5.37. The summed E-state index contributed by atoms with van der Waals surface area (Å²) in [5.74, 6) is 0.329. The number of benzene rings is 1. The van der Waals surface area contributed by atoms with Crippen LogP contribution in [0.3, 0.4) is 0 Å². The van der Waals surface area contributed by atoms with E-state index in [2.05, 4.69) is 28.1 Å². The molecule has 1 aliphatic rings. The lowest BCUT2D eigenvalue weighted by atomic mass is 9.97. The van der Waals surface area contributed by atoms with Gasteiger partial charge in [-0.15, -0.1) is 0 Å². The largest absolute Gasteiger partial charge is 0.369 e. The van der Waals surface area contributed by atoms with Crippen molar-refractivity contribution in [3.8, 4) is 0 Å². The van der Waals surface area contributed by atoms with Crippen LogP contribution in [0.2, 0.25) is 0 Å². The zero-order chi connectivity index (χ0) is 13.4. The summed E-state index contributed by atoms with van der Waals surface area (Å²) in [6.45, 7) is 2.16. The zero-order valence-corrected chi connectivity index (χ0v) is 11.1. The highest BCUT2D eigenvalue weighted by molar-refractivity contribution is 5.89. The number of hydrogen-bond acceptors (Lipinski definition) is 2. The van der Waals surface area contributed by atoms with E-state index in [1.54, 1.807) is 0 Å². The molecule has 0 radical (unpaired) electrons. The fourth-order valence-electron chi connectivity index (χ4n) is 3.01. The third-order valence-electron chi connectivity index (χ3n) is 3.99. The number of aryl methyl sites for hydroxylation is 1. The van der Waals surface area contributed by atoms with Crippen LogP contribution in [-0.2, 0) is 18.3 Å². The number of primary amides is 1. The van der Waals surface area contributed by atoms with Gasteiger partial charge in [0, 0.05) is 30.7 Å². The molecule has 100 valence electrons. The van der Waals surface area contributed by atoms with Crippen molar-refractivity contribution in [2.45, 2.75) is 18.8 Å². The average Bonchev–Trinajstić information content (AvgIpc) is 2.98. The highest BCUT2D eigenvalue weighted by atomic mass is 16.1. The van der Waals surface area contributed by atoms with Gasteiger partial charge in [-0.1, -0.05) is 12.1 Å². The lowest BCUT2D eigenvalue weighted by Gasteiger charge is -2.09. The summed E-state index contributed by atoms with van der Waals surface area (Å²) in [4.78, 5) is 11.1. The molecule has 1 aromatic heterocycles. The first-order chi connectivity index (χ1) is 9.15. The minimum Gasteiger partial charge on any atom is -0.369 e. The second kappa shape index (κ2) is 4.70. The van der Waals surface area contributed by atoms with Gasteiger partial charge in [-0.3, -0.25) is 4.79 Å². The van der Waals surface area contributed by atoms with Crippen LogP contribution in [0.5, 0.6) is 0 Å². The summed E-state index contributed by atoms with van der Waals surface area (Å²) < 4.78 is 2.08. The van der Waals surface area contributed by atoms with Crippen molar-refractivity contribution in [2.75, 3.05) is 13.1 Å². The monoisotopic (exact) mass is 257 g/mol. The Hall–Kier alpha value is -1.81. The van der Waals surface area contributed by atoms with Crippen molar-refractivity contribution in [1.82, 2.24) is 9.88 Å². The molecular formula is C15H19N3O. The fourth-order valence-corrected chi connectivity index (χ4v) is 3.01. The Morgan fingerprint density at radius 1 is 1.53 bits per heavy atom. The topological polar surface area (TPSA) is 60.0 Å². The van der Waals surface area contributed by atoms with Gasteiger partial charge in [-0.2, -0.15) is 0 Å². The molecule has 0 saturated carbocycles. The smallest absolute Gasteiger partial charge is 0.221 e. The van der Waals surface area contributed by atoms with Gasteiger partial charge in [0.2, 0.25) is 5.91 Å². The van der Waals surface area contributed by atoms with Crippen LogP contribution in [0.15, 0.2) is 24.4 Å². The summed E-state index contributed by atoms with van der Waals surface area (Å²) in [5, 5.41) is 4.53. The number of aromatic nitrogens is 1. The Kier molecular flexibility index (Phi) is 3.03. The molecule has 1 atom stereocenters. The third kappa shape index (κ3) is 2.24. The van der Waals surface area contributed by atoms with Gasteiger partial charge in [-0.05, 0) is 36.1 Å². The molecule has 3 N–H and O–H groups in total. The number of hydrogen-bond donors (Lipinski definition) is 2. The minimum atomic E-state index is -0.281. The summed E-state index contributed by atoms with van der Waals surface area (Å²) >= 11 is 0. The van der Waals surface area contributed by atoms with E-state index in [-0.39, 0.29) is 5.91 Å². The van der Waals surface area contributed by atoms with Crippen molar-refractivity contribution < 1.29 is 4.79 Å². The molecule has 0 spiro atoms. The number of fused-ring (bicyclic) bond motifs is 1. The molecule has 1 amide bonds. The maximum absolute atomic E-state index is 11.1. The van der Waals surface area contributed by atoms with Crippen molar-refractivity contribution >= 4 is 16.8 Å². The van der Waals surface area contributed by atoms with Gasteiger partial charge in [0.25, 0.3) is 0 Å². The number of nitrogens with two attached hydrogens (primary N) is 1. The van der Waals surface area contributed by atoms with Gasteiger partial charge in [0.1, 0.15) is 0 Å².